The normalized spacial score (nSPS) is 12.4. The van der Waals surface area contributed by atoms with Gasteiger partial charge in [0.1, 0.15) is 0 Å². The van der Waals surface area contributed by atoms with Gasteiger partial charge in [0.05, 0.1) is 6.04 Å². The third-order valence-corrected chi connectivity index (χ3v) is 3.18. The Morgan fingerprint density at radius 2 is 1.59 bits per heavy atom. The minimum atomic E-state index is -0.138. The molecule has 0 saturated heterocycles. The molecule has 0 aliphatic rings. The summed E-state index contributed by atoms with van der Waals surface area (Å²) in [5.41, 5.74) is 4.73. The average molecular weight is 267 g/mol. The Morgan fingerprint density at radius 1 is 0.941 bits per heavy atom. The van der Waals surface area contributed by atoms with Crippen molar-refractivity contribution in [2.75, 3.05) is 0 Å². The zero-order valence-electron chi connectivity index (χ0n) is 9.03. The summed E-state index contributed by atoms with van der Waals surface area (Å²) in [7, 11) is 0. The number of nitrogens with one attached hydrogen (secondary N) is 1. The monoisotopic (exact) mass is 266 g/mol. The van der Waals surface area contributed by atoms with E-state index in [0.29, 0.717) is 10.0 Å². The molecule has 0 heterocycles. The molecule has 88 valence electrons. The van der Waals surface area contributed by atoms with Gasteiger partial charge in [-0.15, -0.1) is 0 Å². The van der Waals surface area contributed by atoms with Gasteiger partial charge >= 0.3 is 0 Å². The van der Waals surface area contributed by atoms with Gasteiger partial charge in [-0.1, -0.05) is 53.5 Å². The molecule has 2 aromatic rings. The molecule has 0 unspecified atom stereocenters. The smallest absolute Gasteiger partial charge is 0.0724 e. The van der Waals surface area contributed by atoms with E-state index in [1.54, 1.807) is 0 Å². The van der Waals surface area contributed by atoms with Gasteiger partial charge in [0.25, 0.3) is 0 Å². The van der Waals surface area contributed by atoms with E-state index in [2.05, 4.69) is 5.43 Å². The van der Waals surface area contributed by atoms with Gasteiger partial charge in [-0.2, -0.15) is 0 Å². The lowest BCUT2D eigenvalue weighted by Gasteiger charge is -2.18. The Kier molecular flexibility index (Phi) is 4.02. The van der Waals surface area contributed by atoms with Crippen LogP contribution < -0.4 is 11.3 Å². The predicted octanol–water partition coefficient (Wildman–Crippen LogP) is 3.55. The summed E-state index contributed by atoms with van der Waals surface area (Å²) >= 11 is 12.0. The van der Waals surface area contributed by atoms with Crippen LogP contribution in [0.4, 0.5) is 0 Å². The lowest BCUT2D eigenvalue weighted by Crippen LogP contribution is -2.29. The van der Waals surface area contributed by atoms with Crippen molar-refractivity contribution in [1.29, 1.82) is 0 Å². The van der Waals surface area contributed by atoms with Gasteiger partial charge in [-0.3, -0.25) is 5.84 Å². The van der Waals surface area contributed by atoms with Gasteiger partial charge in [-0.05, 0) is 29.3 Å². The minimum absolute atomic E-state index is 0.138. The van der Waals surface area contributed by atoms with Crippen LogP contribution >= 0.6 is 23.2 Å². The van der Waals surface area contributed by atoms with Gasteiger partial charge < -0.3 is 0 Å². The molecule has 1 atom stereocenters. The van der Waals surface area contributed by atoms with Gasteiger partial charge in [0.2, 0.25) is 0 Å². The Morgan fingerprint density at radius 3 is 2.18 bits per heavy atom. The largest absolute Gasteiger partial charge is 0.271 e. The lowest BCUT2D eigenvalue weighted by atomic mass is 9.99. The second-order valence-corrected chi connectivity index (χ2v) is 4.52. The zero-order valence-corrected chi connectivity index (χ0v) is 10.5. The van der Waals surface area contributed by atoms with Crippen LogP contribution in [-0.2, 0) is 0 Å². The van der Waals surface area contributed by atoms with Gasteiger partial charge in [0, 0.05) is 10.0 Å². The molecule has 0 fully saturated rings. The number of hydrazine groups is 1. The fourth-order valence-corrected chi connectivity index (χ4v) is 2.10. The number of benzene rings is 2. The Balaban J connectivity index is 2.40. The van der Waals surface area contributed by atoms with Crippen molar-refractivity contribution in [2.45, 2.75) is 6.04 Å². The van der Waals surface area contributed by atoms with Crippen molar-refractivity contribution in [2.24, 2.45) is 5.84 Å². The van der Waals surface area contributed by atoms with Crippen molar-refractivity contribution in [1.82, 2.24) is 5.43 Å². The average Bonchev–Trinajstić information content (AvgIpc) is 2.35. The summed E-state index contributed by atoms with van der Waals surface area (Å²) in [6, 6.07) is 15.0. The molecule has 0 spiro atoms. The molecule has 2 aromatic carbocycles. The van der Waals surface area contributed by atoms with Crippen molar-refractivity contribution in [3.63, 3.8) is 0 Å². The molecule has 2 nitrogen and oxygen atoms in total. The molecule has 2 rings (SSSR count). The van der Waals surface area contributed by atoms with E-state index >= 15 is 0 Å². The number of nitrogens with two attached hydrogens (primary N) is 1. The van der Waals surface area contributed by atoms with Crippen LogP contribution in [0.25, 0.3) is 0 Å². The van der Waals surface area contributed by atoms with Crippen LogP contribution in [0.5, 0.6) is 0 Å². The molecule has 0 saturated carbocycles. The van der Waals surface area contributed by atoms with Gasteiger partial charge in [-0.25, -0.2) is 5.43 Å². The number of rotatable bonds is 3. The van der Waals surface area contributed by atoms with E-state index < -0.39 is 0 Å². The molecule has 0 aliphatic heterocycles. The Bertz CT molecular complexity index is 497. The lowest BCUT2D eigenvalue weighted by molar-refractivity contribution is 0.637. The summed E-state index contributed by atoms with van der Waals surface area (Å²) in [5, 5.41) is 1.38. The molecule has 3 N–H and O–H groups in total. The molecule has 17 heavy (non-hydrogen) atoms. The first kappa shape index (κ1) is 12.4. The van der Waals surface area contributed by atoms with E-state index in [9.17, 15) is 0 Å². The van der Waals surface area contributed by atoms with Crippen LogP contribution in [0.1, 0.15) is 17.2 Å². The summed E-state index contributed by atoms with van der Waals surface area (Å²) in [4.78, 5) is 0. The zero-order chi connectivity index (χ0) is 12.3. The molecule has 0 radical (unpaired) electrons. The molecule has 0 amide bonds. The van der Waals surface area contributed by atoms with Gasteiger partial charge in [0.15, 0.2) is 0 Å². The van der Waals surface area contributed by atoms with Crippen molar-refractivity contribution in [3.05, 3.63) is 69.7 Å². The first-order valence-corrected chi connectivity index (χ1v) is 5.94. The van der Waals surface area contributed by atoms with E-state index in [1.807, 2.05) is 48.5 Å². The Hall–Kier alpha value is -1.06. The predicted molar refractivity (Wildman–Crippen MR) is 72.1 cm³/mol. The minimum Gasteiger partial charge on any atom is -0.271 e. The fourth-order valence-electron chi connectivity index (χ4n) is 1.73. The summed E-state index contributed by atoms with van der Waals surface area (Å²) in [5.74, 6) is 5.60. The van der Waals surface area contributed by atoms with Crippen LogP contribution in [-0.4, -0.2) is 0 Å². The van der Waals surface area contributed by atoms with E-state index in [0.717, 1.165) is 11.1 Å². The van der Waals surface area contributed by atoms with Crippen LogP contribution in [0, 0.1) is 0 Å². The maximum absolute atomic E-state index is 6.16. The molecule has 0 aliphatic carbocycles. The Labute approximate surface area is 110 Å². The second-order valence-electron chi connectivity index (χ2n) is 3.67. The quantitative estimate of drug-likeness (QED) is 0.659. The topological polar surface area (TPSA) is 38.0 Å². The summed E-state index contributed by atoms with van der Waals surface area (Å²) in [6.45, 7) is 0. The molecular formula is C13H12Cl2N2. The molecule has 0 aromatic heterocycles. The van der Waals surface area contributed by atoms with Crippen LogP contribution in [0.15, 0.2) is 48.5 Å². The maximum Gasteiger partial charge on any atom is 0.0724 e. The van der Waals surface area contributed by atoms with Crippen LogP contribution in [0.2, 0.25) is 10.0 Å². The third-order valence-electron chi connectivity index (χ3n) is 2.59. The van der Waals surface area contributed by atoms with E-state index in [-0.39, 0.29) is 6.04 Å². The van der Waals surface area contributed by atoms with Crippen LogP contribution in [0.3, 0.4) is 0 Å². The first-order chi connectivity index (χ1) is 8.22. The highest BCUT2D eigenvalue weighted by Crippen LogP contribution is 2.28. The molecule has 4 heteroatoms. The van der Waals surface area contributed by atoms with Crippen molar-refractivity contribution in [3.8, 4) is 0 Å². The third kappa shape index (κ3) is 2.79. The number of halogens is 2. The van der Waals surface area contributed by atoms with E-state index in [1.165, 1.54) is 0 Å². The second kappa shape index (κ2) is 5.52. The first-order valence-electron chi connectivity index (χ1n) is 5.18. The highest BCUT2D eigenvalue weighted by molar-refractivity contribution is 6.31. The highest BCUT2D eigenvalue weighted by Gasteiger charge is 2.14. The fraction of sp³-hybridized carbons (Fsp3) is 0.0769. The molecular weight excluding hydrogens is 255 g/mol. The number of hydrogen-bond acceptors (Lipinski definition) is 2. The highest BCUT2D eigenvalue weighted by atomic mass is 35.5. The van der Waals surface area contributed by atoms with Crippen molar-refractivity contribution >= 4 is 23.2 Å². The van der Waals surface area contributed by atoms with E-state index in [4.69, 9.17) is 29.0 Å². The maximum atomic E-state index is 6.16. The summed E-state index contributed by atoms with van der Waals surface area (Å²) < 4.78 is 0. The standard InChI is InChI=1S/C13H12Cl2N2/c14-10-7-5-9(6-8-10)13(17-16)11-3-1-2-4-12(11)15/h1-8,13,17H,16H2/t13-/m1/s1. The number of hydrogen-bond donors (Lipinski definition) is 2. The SMILES string of the molecule is NN[C@H](c1ccc(Cl)cc1)c1ccccc1Cl. The van der Waals surface area contributed by atoms with Crippen molar-refractivity contribution < 1.29 is 0 Å². The molecule has 0 bridgehead atoms. The summed E-state index contributed by atoms with van der Waals surface area (Å²) in [6.07, 6.45) is 0.